The molecule has 0 fully saturated rings. The van der Waals surface area contributed by atoms with Crippen molar-refractivity contribution in [3.8, 4) is 11.6 Å². The van der Waals surface area contributed by atoms with Crippen LogP contribution in [0.2, 0.25) is 0 Å². The molecule has 0 atom stereocenters. The van der Waals surface area contributed by atoms with E-state index < -0.39 is 0 Å². The second-order valence-electron chi connectivity index (χ2n) is 5.08. The van der Waals surface area contributed by atoms with Crippen molar-refractivity contribution in [3.05, 3.63) is 77.9 Å². The van der Waals surface area contributed by atoms with Crippen LogP contribution in [0.15, 0.2) is 60.8 Å². The number of aryl methyl sites for hydroxylation is 1. The lowest BCUT2D eigenvalue weighted by atomic mass is 10.3. The van der Waals surface area contributed by atoms with Crippen LogP contribution in [-0.4, -0.2) is 9.97 Å². The molecule has 3 aromatic rings. The molecule has 3 rings (SSSR count). The first-order valence-corrected chi connectivity index (χ1v) is 7.25. The first kappa shape index (κ1) is 15.0. The molecule has 2 heterocycles. The van der Waals surface area contributed by atoms with E-state index in [1.54, 1.807) is 24.4 Å². The summed E-state index contributed by atoms with van der Waals surface area (Å²) in [5.41, 5.74) is 1.96. The molecular formula is C18H16FN3O. The van der Waals surface area contributed by atoms with Gasteiger partial charge in [-0.05, 0) is 36.8 Å². The van der Waals surface area contributed by atoms with Crippen LogP contribution < -0.4 is 10.1 Å². The highest BCUT2D eigenvalue weighted by atomic mass is 19.1. The molecule has 23 heavy (non-hydrogen) atoms. The highest BCUT2D eigenvalue weighted by molar-refractivity contribution is 5.36. The maximum absolute atomic E-state index is 13.1. The highest BCUT2D eigenvalue weighted by Crippen LogP contribution is 2.20. The van der Waals surface area contributed by atoms with Crippen LogP contribution in [0.3, 0.4) is 0 Å². The van der Waals surface area contributed by atoms with Crippen molar-refractivity contribution in [2.75, 3.05) is 5.32 Å². The molecule has 0 unspecified atom stereocenters. The minimum Gasteiger partial charge on any atom is -0.439 e. The zero-order chi connectivity index (χ0) is 16.1. The normalized spacial score (nSPS) is 10.3. The molecule has 0 amide bonds. The van der Waals surface area contributed by atoms with Crippen LogP contribution >= 0.6 is 0 Å². The molecule has 0 aliphatic heterocycles. The van der Waals surface area contributed by atoms with E-state index >= 15 is 0 Å². The zero-order valence-electron chi connectivity index (χ0n) is 12.7. The van der Waals surface area contributed by atoms with Crippen LogP contribution in [0.25, 0.3) is 0 Å². The number of ether oxygens (including phenoxy) is 1. The van der Waals surface area contributed by atoms with Crippen molar-refractivity contribution in [1.82, 2.24) is 9.97 Å². The van der Waals surface area contributed by atoms with Crippen LogP contribution in [-0.2, 0) is 6.54 Å². The molecule has 0 spiro atoms. The van der Waals surface area contributed by atoms with Crippen molar-refractivity contribution in [2.24, 2.45) is 0 Å². The third-order valence-corrected chi connectivity index (χ3v) is 3.18. The predicted molar refractivity (Wildman–Crippen MR) is 87.0 cm³/mol. The summed E-state index contributed by atoms with van der Waals surface area (Å²) in [7, 11) is 0. The Balaban J connectivity index is 1.61. The van der Waals surface area contributed by atoms with E-state index in [-0.39, 0.29) is 5.82 Å². The van der Waals surface area contributed by atoms with Gasteiger partial charge in [-0.2, -0.15) is 0 Å². The van der Waals surface area contributed by atoms with Crippen LogP contribution in [0.5, 0.6) is 11.6 Å². The summed E-state index contributed by atoms with van der Waals surface area (Å²) in [6, 6.07) is 15.5. The lowest BCUT2D eigenvalue weighted by Gasteiger charge is -2.08. The third-order valence-electron chi connectivity index (χ3n) is 3.18. The monoisotopic (exact) mass is 309 g/mol. The number of benzene rings is 1. The lowest BCUT2D eigenvalue weighted by Crippen LogP contribution is -2.02. The van der Waals surface area contributed by atoms with E-state index in [1.165, 1.54) is 12.1 Å². The number of rotatable bonds is 5. The van der Waals surface area contributed by atoms with Crippen molar-refractivity contribution in [1.29, 1.82) is 0 Å². The number of pyridine rings is 2. The van der Waals surface area contributed by atoms with Gasteiger partial charge in [0.05, 0.1) is 0 Å². The predicted octanol–water partition coefficient (Wildman–Crippen LogP) is 4.33. The van der Waals surface area contributed by atoms with Gasteiger partial charge in [0.2, 0.25) is 5.88 Å². The smallest absolute Gasteiger partial charge is 0.219 e. The van der Waals surface area contributed by atoms with E-state index in [1.807, 2.05) is 31.2 Å². The minimum absolute atomic E-state index is 0.339. The Morgan fingerprint density at radius 2 is 1.96 bits per heavy atom. The maximum Gasteiger partial charge on any atom is 0.219 e. The molecule has 0 aliphatic carbocycles. The second kappa shape index (κ2) is 6.87. The number of nitrogens with zero attached hydrogens (tertiary/aromatic N) is 2. The second-order valence-corrected chi connectivity index (χ2v) is 5.08. The minimum atomic E-state index is -0.339. The SMILES string of the molecule is Cc1cccc(NCc2ccc(Oc3cccc(F)c3)nc2)n1. The van der Waals surface area contributed by atoms with Crippen molar-refractivity contribution >= 4 is 5.82 Å². The molecule has 1 N–H and O–H groups in total. The molecule has 5 heteroatoms. The average molecular weight is 309 g/mol. The maximum atomic E-state index is 13.1. The molecule has 4 nitrogen and oxygen atoms in total. The Hall–Kier alpha value is -2.95. The summed E-state index contributed by atoms with van der Waals surface area (Å²) in [5, 5.41) is 3.24. The van der Waals surface area contributed by atoms with Gasteiger partial charge in [-0.3, -0.25) is 0 Å². The fraction of sp³-hybridized carbons (Fsp3) is 0.111. The number of nitrogens with one attached hydrogen (secondary N) is 1. The number of hydrogen-bond acceptors (Lipinski definition) is 4. The van der Waals surface area contributed by atoms with Gasteiger partial charge in [-0.25, -0.2) is 14.4 Å². The Morgan fingerprint density at radius 1 is 1.09 bits per heavy atom. The summed E-state index contributed by atoms with van der Waals surface area (Å²) in [6.45, 7) is 2.56. The number of halogens is 1. The quantitative estimate of drug-likeness (QED) is 0.762. The van der Waals surface area contributed by atoms with E-state index in [9.17, 15) is 4.39 Å². The largest absolute Gasteiger partial charge is 0.439 e. The first-order chi connectivity index (χ1) is 11.2. The van der Waals surface area contributed by atoms with Gasteiger partial charge < -0.3 is 10.1 Å². The van der Waals surface area contributed by atoms with Gasteiger partial charge in [0.25, 0.3) is 0 Å². The number of hydrogen-bond donors (Lipinski definition) is 1. The number of aromatic nitrogens is 2. The standard InChI is InChI=1S/C18H16FN3O/c1-13-4-2-7-17(22-13)20-11-14-8-9-18(21-12-14)23-16-6-3-5-15(19)10-16/h2-10,12H,11H2,1H3,(H,20,22). The summed E-state index contributed by atoms with van der Waals surface area (Å²) >= 11 is 0. The highest BCUT2D eigenvalue weighted by Gasteiger charge is 2.01. The topological polar surface area (TPSA) is 47.0 Å². The molecule has 1 aromatic carbocycles. The summed E-state index contributed by atoms with van der Waals surface area (Å²) < 4.78 is 18.6. The van der Waals surface area contributed by atoms with Gasteiger partial charge in [-0.1, -0.05) is 18.2 Å². The molecular weight excluding hydrogens is 293 g/mol. The van der Waals surface area contributed by atoms with Gasteiger partial charge in [0.1, 0.15) is 17.4 Å². The molecule has 0 saturated carbocycles. The Kier molecular flexibility index (Phi) is 4.47. The Morgan fingerprint density at radius 3 is 2.70 bits per heavy atom. The summed E-state index contributed by atoms with van der Waals surface area (Å²) in [4.78, 5) is 8.61. The lowest BCUT2D eigenvalue weighted by molar-refractivity contribution is 0.458. The van der Waals surface area contributed by atoms with E-state index in [2.05, 4.69) is 15.3 Å². The first-order valence-electron chi connectivity index (χ1n) is 7.25. The van der Waals surface area contributed by atoms with Crippen LogP contribution in [0.1, 0.15) is 11.3 Å². The Labute approximate surface area is 134 Å². The van der Waals surface area contributed by atoms with Gasteiger partial charge >= 0.3 is 0 Å². The van der Waals surface area contributed by atoms with Crippen LogP contribution in [0, 0.1) is 12.7 Å². The Bertz CT molecular complexity index is 790. The molecule has 0 saturated heterocycles. The molecule has 0 radical (unpaired) electrons. The van der Waals surface area contributed by atoms with Crippen molar-refractivity contribution in [3.63, 3.8) is 0 Å². The zero-order valence-corrected chi connectivity index (χ0v) is 12.7. The van der Waals surface area contributed by atoms with E-state index in [0.717, 1.165) is 17.1 Å². The third kappa shape index (κ3) is 4.26. The fourth-order valence-electron chi connectivity index (χ4n) is 2.06. The summed E-state index contributed by atoms with van der Waals surface area (Å²) in [6.07, 6.45) is 1.72. The van der Waals surface area contributed by atoms with Gasteiger partial charge in [-0.15, -0.1) is 0 Å². The van der Waals surface area contributed by atoms with E-state index in [4.69, 9.17) is 4.74 Å². The fourth-order valence-corrected chi connectivity index (χ4v) is 2.06. The van der Waals surface area contributed by atoms with Crippen molar-refractivity contribution < 1.29 is 9.13 Å². The van der Waals surface area contributed by atoms with Gasteiger partial charge in [0, 0.05) is 30.6 Å². The molecule has 0 aliphatic rings. The van der Waals surface area contributed by atoms with Crippen molar-refractivity contribution in [2.45, 2.75) is 13.5 Å². The number of anilines is 1. The van der Waals surface area contributed by atoms with E-state index in [0.29, 0.717) is 18.2 Å². The molecule has 0 bridgehead atoms. The van der Waals surface area contributed by atoms with Crippen LogP contribution in [0.4, 0.5) is 10.2 Å². The molecule has 2 aromatic heterocycles. The average Bonchev–Trinajstić information content (AvgIpc) is 2.54. The van der Waals surface area contributed by atoms with Gasteiger partial charge in [0.15, 0.2) is 0 Å². The summed E-state index contributed by atoms with van der Waals surface area (Å²) in [5.74, 6) is 1.33. The molecule has 116 valence electrons.